The highest BCUT2D eigenvalue weighted by atomic mass is 16.2. The maximum Gasteiger partial charge on any atom is 0.253 e. The lowest BCUT2D eigenvalue weighted by atomic mass is 10.2. The van der Waals surface area contributed by atoms with Gasteiger partial charge in [-0.15, -0.1) is 0 Å². The van der Waals surface area contributed by atoms with Crippen molar-refractivity contribution < 1.29 is 19.2 Å². The zero-order chi connectivity index (χ0) is 12.6. The lowest BCUT2D eigenvalue weighted by Crippen LogP contribution is -2.46. The Labute approximate surface area is 97.2 Å². The van der Waals surface area contributed by atoms with Crippen LogP contribution in [0.2, 0.25) is 0 Å². The Morgan fingerprint density at radius 1 is 0.882 bits per heavy atom. The molecule has 0 bridgehead atoms. The maximum absolute atomic E-state index is 11.4. The van der Waals surface area contributed by atoms with E-state index in [0.29, 0.717) is 0 Å². The van der Waals surface area contributed by atoms with Gasteiger partial charge in [-0.3, -0.25) is 29.0 Å². The molecule has 0 aromatic rings. The summed E-state index contributed by atoms with van der Waals surface area (Å²) >= 11 is 0. The van der Waals surface area contributed by atoms with Crippen LogP contribution in [-0.4, -0.2) is 46.0 Å². The number of hydrogen-bond acceptors (Lipinski definition) is 4. The van der Waals surface area contributed by atoms with Gasteiger partial charge in [0.2, 0.25) is 0 Å². The first-order valence-electron chi connectivity index (χ1n) is 5.09. The molecule has 17 heavy (non-hydrogen) atoms. The van der Waals surface area contributed by atoms with Crippen LogP contribution in [0.3, 0.4) is 0 Å². The summed E-state index contributed by atoms with van der Waals surface area (Å²) < 4.78 is 0. The molecule has 2 rings (SSSR count). The van der Waals surface area contributed by atoms with Crippen molar-refractivity contribution in [3.8, 4) is 0 Å². The first-order chi connectivity index (χ1) is 8.00. The Bertz CT molecular complexity index is 442. The summed E-state index contributed by atoms with van der Waals surface area (Å²) in [7, 11) is 0. The van der Waals surface area contributed by atoms with E-state index in [-0.39, 0.29) is 6.54 Å². The molecule has 1 atom stereocenters. The van der Waals surface area contributed by atoms with Crippen molar-refractivity contribution in [2.75, 3.05) is 6.54 Å². The fourth-order valence-electron chi connectivity index (χ4n) is 1.80. The molecule has 0 N–H and O–H groups in total. The number of carbonyl (C=O) groups is 4. The van der Waals surface area contributed by atoms with Crippen LogP contribution in [0.25, 0.3) is 0 Å². The summed E-state index contributed by atoms with van der Waals surface area (Å²) in [5.41, 5.74) is 0. The summed E-state index contributed by atoms with van der Waals surface area (Å²) in [4.78, 5) is 47.4. The minimum absolute atomic E-state index is 0.0177. The van der Waals surface area contributed by atoms with Gasteiger partial charge < -0.3 is 0 Å². The summed E-state index contributed by atoms with van der Waals surface area (Å²) in [6.07, 6.45) is 4.68. The lowest BCUT2D eigenvalue weighted by molar-refractivity contribution is -0.144. The van der Waals surface area contributed by atoms with E-state index in [2.05, 4.69) is 0 Å². The molecular formula is C11H10N2O4. The van der Waals surface area contributed by atoms with Crippen molar-refractivity contribution in [1.29, 1.82) is 0 Å². The molecule has 0 saturated heterocycles. The van der Waals surface area contributed by atoms with Gasteiger partial charge in [0.25, 0.3) is 23.6 Å². The van der Waals surface area contributed by atoms with Crippen LogP contribution in [0.1, 0.15) is 6.92 Å². The van der Waals surface area contributed by atoms with Crippen molar-refractivity contribution in [3.63, 3.8) is 0 Å². The molecule has 0 fully saturated rings. The van der Waals surface area contributed by atoms with E-state index in [1.807, 2.05) is 0 Å². The van der Waals surface area contributed by atoms with E-state index in [1.165, 1.54) is 24.3 Å². The average molecular weight is 234 g/mol. The van der Waals surface area contributed by atoms with Crippen molar-refractivity contribution in [1.82, 2.24) is 9.80 Å². The number of carbonyl (C=O) groups excluding carboxylic acids is 4. The predicted octanol–water partition coefficient (Wildman–Crippen LogP) is -0.775. The molecule has 0 aromatic heterocycles. The van der Waals surface area contributed by atoms with Gasteiger partial charge in [0.1, 0.15) is 0 Å². The standard InChI is InChI=1S/C11H10N2O4/c1-7(13-10(16)4-5-11(13)17)6-12-8(14)2-3-9(12)15/h2-5,7H,6H2,1H3. The van der Waals surface area contributed by atoms with E-state index in [9.17, 15) is 19.2 Å². The van der Waals surface area contributed by atoms with Gasteiger partial charge in [0.05, 0.1) is 12.6 Å². The van der Waals surface area contributed by atoms with Crippen LogP contribution in [0.15, 0.2) is 24.3 Å². The second-order valence-electron chi connectivity index (χ2n) is 3.85. The summed E-state index contributed by atoms with van der Waals surface area (Å²) in [6.45, 7) is 1.63. The van der Waals surface area contributed by atoms with Gasteiger partial charge in [-0.05, 0) is 6.92 Å². The van der Waals surface area contributed by atoms with Crippen molar-refractivity contribution in [2.24, 2.45) is 0 Å². The van der Waals surface area contributed by atoms with Crippen LogP contribution < -0.4 is 0 Å². The van der Waals surface area contributed by atoms with Crippen molar-refractivity contribution in [3.05, 3.63) is 24.3 Å². The molecule has 6 nitrogen and oxygen atoms in total. The summed E-state index contributed by atoms with van der Waals surface area (Å²) in [5, 5.41) is 0. The largest absolute Gasteiger partial charge is 0.273 e. The quantitative estimate of drug-likeness (QED) is 0.601. The molecule has 0 aromatic carbocycles. The van der Waals surface area contributed by atoms with E-state index in [0.717, 1.165) is 9.80 Å². The number of amides is 4. The van der Waals surface area contributed by atoms with E-state index >= 15 is 0 Å². The molecule has 88 valence electrons. The molecule has 0 saturated carbocycles. The van der Waals surface area contributed by atoms with Gasteiger partial charge in [-0.1, -0.05) is 0 Å². The summed E-state index contributed by atoms with van der Waals surface area (Å²) in [5.74, 6) is -1.69. The maximum atomic E-state index is 11.4. The van der Waals surface area contributed by atoms with Gasteiger partial charge in [0.15, 0.2) is 0 Å². The van der Waals surface area contributed by atoms with Crippen LogP contribution in [0.4, 0.5) is 0 Å². The third-order valence-corrected chi connectivity index (χ3v) is 2.63. The van der Waals surface area contributed by atoms with E-state index < -0.39 is 29.7 Å². The highest BCUT2D eigenvalue weighted by molar-refractivity contribution is 6.14. The van der Waals surface area contributed by atoms with Gasteiger partial charge in [-0.25, -0.2) is 0 Å². The normalized spacial score (nSPS) is 21.0. The molecule has 2 heterocycles. The van der Waals surface area contributed by atoms with Crippen LogP contribution in [-0.2, 0) is 19.2 Å². The molecule has 2 aliphatic heterocycles. The van der Waals surface area contributed by atoms with Gasteiger partial charge in [-0.2, -0.15) is 0 Å². The second-order valence-corrected chi connectivity index (χ2v) is 3.85. The molecule has 2 aliphatic rings. The minimum atomic E-state index is -0.530. The third kappa shape index (κ3) is 1.89. The van der Waals surface area contributed by atoms with Gasteiger partial charge >= 0.3 is 0 Å². The second kappa shape index (κ2) is 3.97. The Balaban J connectivity index is 2.05. The highest BCUT2D eigenvalue weighted by Gasteiger charge is 2.32. The Kier molecular flexibility index (Phi) is 2.63. The Morgan fingerprint density at radius 3 is 1.76 bits per heavy atom. The molecule has 4 amide bonds. The summed E-state index contributed by atoms with van der Waals surface area (Å²) in [6, 6.07) is -0.530. The fourth-order valence-corrected chi connectivity index (χ4v) is 1.80. The molecular weight excluding hydrogens is 224 g/mol. The fraction of sp³-hybridized carbons (Fsp3) is 0.273. The monoisotopic (exact) mass is 234 g/mol. The first kappa shape index (κ1) is 11.3. The van der Waals surface area contributed by atoms with Crippen molar-refractivity contribution in [2.45, 2.75) is 13.0 Å². The molecule has 1 unspecified atom stereocenters. The van der Waals surface area contributed by atoms with E-state index in [1.54, 1.807) is 6.92 Å². The zero-order valence-corrected chi connectivity index (χ0v) is 9.12. The third-order valence-electron chi connectivity index (χ3n) is 2.63. The average Bonchev–Trinajstić information content (AvgIpc) is 2.75. The Hall–Kier alpha value is -2.24. The van der Waals surface area contributed by atoms with Crippen molar-refractivity contribution >= 4 is 23.6 Å². The van der Waals surface area contributed by atoms with Crippen LogP contribution in [0, 0.1) is 0 Å². The molecule has 0 spiro atoms. The zero-order valence-electron chi connectivity index (χ0n) is 9.12. The topological polar surface area (TPSA) is 74.8 Å². The minimum Gasteiger partial charge on any atom is -0.273 e. The van der Waals surface area contributed by atoms with E-state index in [4.69, 9.17) is 0 Å². The molecule has 6 heteroatoms. The predicted molar refractivity (Wildman–Crippen MR) is 56.3 cm³/mol. The number of hydrogen-bond donors (Lipinski definition) is 0. The molecule has 0 aliphatic carbocycles. The lowest BCUT2D eigenvalue weighted by Gasteiger charge is -2.26. The highest BCUT2D eigenvalue weighted by Crippen LogP contribution is 2.12. The number of imide groups is 2. The SMILES string of the molecule is CC(CN1C(=O)C=CC1=O)N1C(=O)C=CC1=O. The van der Waals surface area contributed by atoms with Crippen LogP contribution in [0.5, 0.6) is 0 Å². The smallest absolute Gasteiger partial charge is 0.253 e. The molecule has 0 radical (unpaired) electrons. The Morgan fingerprint density at radius 2 is 1.29 bits per heavy atom. The number of rotatable bonds is 3. The van der Waals surface area contributed by atoms with Gasteiger partial charge in [0, 0.05) is 24.3 Å². The van der Waals surface area contributed by atoms with Crippen LogP contribution >= 0.6 is 0 Å². The number of nitrogens with zero attached hydrogens (tertiary/aromatic N) is 2. The first-order valence-corrected chi connectivity index (χ1v) is 5.09.